The summed E-state index contributed by atoms with van der Waals surface area (Å²) in [4.78, 5) is 9.90. The Morgan fingerprint density at radius 3 is 2.71 bits per heavy atom. The molecular formula is C16H20ClN3S. The first-order valence-corrected chi connectivity index (χ1v) is 8.41. The zero-order valence-electron chi connectivity index (χ0n) is 12.3. The Balaban J connectivity index is 2.06. The summed E-state index contributed by atoms with van der Waals surface area (Å²) < 4.78 is 0. The van der Waals surface area contributed by atoms with Crippen molar-refractivity contribution in [2.24, 2.45) is 0 Å². The fourth-order valence-corrected chi connectivity index (χ4v) is 2.97. The van der Waals surface area contributed by atoms with Gasteiger partial charge >= 0.3 is 0 Å². The van der Waals surface area contributed by atoms with Crippen molar-refractivity contribution in [2.45, 2.75) is 42.7 Å². The maximum Gasteiger partial charge on any atom is 0.119 e. The lowest BCUT2D eigenvalue weighted by Gasteiger charge is -2.16. The number of halogens is 1. The average molecular weight is 322 g/mol. The lowest BCUT2D eigenvalue weighted by Crippen LogP contribution is -2.22. The van der Waals surface area contributed by atoms with E-state index in [0.29, 0.717) is 11.1 Å². The number of hydrogen-bond donors (Lipinski definition) is 1. The molecule has 2 heterocycles. The van der Waals surface area contributed by atoms with E-state index in [0.717, 1.165) is 35.0 Å². The van der Waals surface area contributed by atoms with Gasteiger partial charge in [0.05, 0.1) is 10.7 Å². The van der Waals surface area contributed by atoms with Crippen molar-refractivity contribution >= 4 is 23.4 Å². The number of nitrogens with zero attached hydrogens (tertiary/aromatic N) is 2. The third kappa shape index (κ3) is 4.70. The van der Waals surface area contributed by atoms with Crippen LogP contribution in [0.4, 0.5) is 0 Å². The molecule has 0 spiro atoms. The van der Waals surface area contributed by atoms with Gasteiger partial charge < -0.3 is 5.32 Å². The summed E-state index contributed by atoms with van der Waals surface area (Å²) >= 11 is 7.66. The zero-order valence-corrected chi connectivity index (χ0v) is 13.9. The van der Waals surface area contributed by atoms with E-state index >= 15 is 0 Å². The van der Waals surface area contributed by atoms with E-state index in [1.165, 1.54) is 11.8 Å². The first-order chi connectivity index (χ1) is 10.2. The predicted molar refractivity (Wildman–Crippen MR) is 88.9 cm³/mol. The number of hydrogen-bond acceptors (Lipinski definition) is 4. The average Bonchev–Trinajstić information content (AvgIpc) is 2.52. The van der Waals surface area contributed by atoms with Gasteiger partial charge in [0.25, 0.3) is 0 Å². The maximum atomic E-state index is 6.12. The third-order valence-corrected chi connectivity index (χ3v) is 4.52. The van der Waals surface area contributed by atoms with Gasteiger partial charge in [-0.1, -0.05) is 37.2 Å². The van der Waals surface area contributed by atoms with Crippen LogP contribution in [-0.4, -0.2) is 16.5 Å². The molecule has 2 aromatic rings. The molecule has 1 atom stereocenters. The highest BCUT2D eigenvalue weighted by Crippen LogP contribution is 2.31. The van der Waals surface area contributed by atoms with Crippen LogP contribution in [0.3, 0.4) is 0 Å². The summed E-state index contributed by atoms with van der Waals surface area (Å²) in [7, 11) is 0. The van der Waals surface area contributed by atoms with E-state index in [1.54, 1.807) is 6.20 Å². The summed E-state index contributed by atoms with van der Waals surface area (Å²) in [6.45, 7) is 5.36. The topological polar surface area (TPSA) is 37.8 Å². The second kappa shape index (κ2) is 8.37. The van der Waals surface area contributed by atoms with E-state index < -0.39 is 0 Å². The highest BCUT2D eigenvalue weighted by Gasteiger charge is 2.10. The van der Waals surface area contributed by atoms with Gasteiger partial charge in [-0.25, -0.2) is 4.98 Å². The SMILES string of the molecule is CCCNC(CC)c1ccc(Sc2ncccc2Cl)cn1. The minimum atomic E-state index is 0.322. The molecule has 0 aliphatic rings. The maximum absolute atomic E-state index is 6.12. The van der Waals surface area contributed by atoms with Crippen molar-refractivity contribution in [1.29, 1.82) is 0 Å². The van der Waals surface area contributed by atoms with Crippen LogP contribution in [0.1, 0.15) is 38.4 Å². The van der Waals surface area contributed by atoms with Crippen LogP contribution in [-0.2, 0) is 0 Å². The van der Waals surface area contributed by atoms with Crippen molar-refractivity contribution < 1.29 is 0 Å². The summed E-state index contributed by atoms with van der Waals surface area (Å²) in [5.41, 5.74) is 1.09. The van der Waals surface area contributed by atoms with Crippen LogP contribution < -0.4 is 5.32 Å². The summed E-state index contributed by atoms with van der Waals surface area (Å²) in [6, 6.07) is 8.16. The molecule has 0 fully saturated rings. The van der Waals surface area contributed by atoms with E-state index in [4.69, 9.17) is 11.6 Å². The highest BCUT2D eigenvalue weighted by molar-refractivity contribution is 7.99. The van der Waals surface area contributed by atoms with Crippen molar-refractivity contribution in [2.75, 3.05) is 6.54 Å². The molecule has 3 nitrogen and oxygen atoms in total. The first-order valence-electron chi connectivity index (χ1n) is 7.22. The van der Waals surface area contributed by atoms with Crippen molar-refractivity contribution in [3.63, 3.8) is 0 Å². The molecule has 5 heteroatoms. The molecule has 2 rings (SSSR count). The Kier molecular flexibility index (Phi) is 6.49. The van der Waals surface area contributed by atoms with Gasteiger partial charge in [0.15, 0.2) is 0 Å². The van der Waals surface area contributed by atoms with Gasteiger partial charge in [0, 0.05) is 23.3 Å². The highest BCUT2D eigenvalue weighted by atomic mass is 35.5. The van der Waals surface area contributed by atoms with E-state index in [2.05, 4.69) is 41.3 Å². The second-order valence-corrected chi connectivity index (χ2v) is 6.20. The van der Waals surface area contributed by atoms with Crippen LogP contribution in [0.5, 0.6) is 0 Å². The fraction of sp³-hybridized carbons (Fsp3) is 0.375. The fourth-order valence-electron chi connectivity index (χ4n) is 1.99. The molecule has 0 amide bonds. The Bertz CT molecular complexity index is 560. The largest absolute Gasteiger partial charge is 0.309 e. The molecule has 1 unspecified atom stereocenters. The molecule has 0 saturated heterocycles. The van der Waals surface area contributed by atoms with E-state index in [1.807, 2.05) is 18.3 Å². The molecular weight excluding hydrogens is 302 g/mol. The van der Waals surface area contributed by atoms with Gasteiger partial charge in [-0.05, 0) is 43.7 Å². The third-order valence-electron chi connectivity index (χ3n) is 3.10. The van der Waals surface area contributed by atoms with Crippen LogP contribution in [0.2, 0.25) is 5.02 Å². The number of rotatable bonds is 7. The first kappa shape index (κ1) is 16.3. The smallest absolute Gasteiger partial charge is 0.119 e. The molecule has 0 aliphatic heterocycles. The van der Waals surface area contributed by atoms with E-state index in [9.17, 15) is 0 Å². The number of nitrogens with one attached hydrogen (secondary N) is 1. The molecule has 0 bridgehead atoms. The zero-order chi connectivity index (χ0) is 15.1. The number of pyridine rings is 2. The van der Waals surface area contributed by atoms with Gasteiger partial charge in [0.2, 0.25) is 0 Å². The molecule has 0 radical (unpaired) electrons. The molecule has 0 saturated carbocycles. The van der Waals surface area contributed by atoms with Crippen LogP contribution in [0.15, 0.2) is 46.6 Å². The van der Waals surface area contributed by atoms with Crippen molar-refractivity contribution in [3.05, 3.63) is 47.4 Å². The lowest BCUT2D eigenvalue weighted by atomic mass is 10.1. The minimum absolute atomic E-state index is 0.322. The Morgan fingerprint density at radius 2 is 2.10 bits per heavy atom. The van der Waals surface area contributed by atoms with Gasteiger partial charge in [-0.2, -0.15) is 0 Å². The van der Waals surface area contributed by atoms with Gasteiger partial charge in [-0.15, -0.1) is 0 Å². The molecule has 21 heavy (non-hydrogen) atoms. The Labute approximate surface area is 135 Å². The van der Waals surface area contributed by atoms with Crippen LogP contribution in [0.25, 0.3) is 0 Å². The second-order valence-electron chi connectivity index (χ2n) is 4.73. The molecule has 0 aromatic carbocycles. The normalized spacial score (nSPS) is 12.3. The van der Waals surface area contributed by atoms with Gasteiger partial charge in [0.1, 0.15) is 5.03 Å². The standard InChI is InChI=1S/C16H20ClN3S/c1-3-9-18-14(4-2)15-8-7-12(11-20-15)21-16-13(17)6-5-10-19-16/h5-8,10-11,14,18H,3-4,9H2,1-2H3. The van der Waals surface area contributed by atoms with Gasteiger partial charge in [-0.3, -0.25) is 4.98 Å². The lowest BCUT2D eigenvalue weighted by molar-refractivity contribution is 0.507. The van der Waals surface area contributed by atoms with E-state index in [-0.39, 0.29) is 0 Å². The molecule has 0 aliphatic carbocycles. The van der Waals surface area contributed by atoms with Crippen LogP contribution in [0, 0.1) is 0 Å². The monoisotopic (exact) mass is 321 g/mol. The summed E-state index contributed by atoms with van der Waals surface area (Å²) in [6.07, 6.45) is 5.80. The molecule has 112 valence electrons. The Hall–Kier alpha value is -1.10. The minimum Gasteiger partial charge on any atom is -0.309 e. The summed E-state index contributed by atoms with van der Waals surface area (Å²) in [5.74, 6) is 0. The number of aromatic nitrogens is 2. The molecule has 2 aromatic heterocycles. The van der Waals surface area contributed by atoms with Crippen molar-refractivity contribution in [3.8, 4) is 0 Å². The predicted octanol–water partition coefficient (Wildman–Crippen LogP) is 4.73. The quantitative estimate of drug-likeness (QED) is 0.800. The van der Waals surface area contributed by atoms with Crippen LogP contribution >= 0.6 is 23.4 Å². The Morgan fingerprint density at radius 1 is 1.24 bits per heavy atom. The molecule has 1 N–H and O–H groups in total. The summed E-state index contributed by atoms with van der Waals surface area (Å²) in [5, 5.41) is 4.99. The van der Waals surface area contributed by atoms with Crippen molar-refractivity contribution in [1.82, 2.24) is 15.3 Å².